The van der Waals surface area contributed by atoms with Crippen LogP contribution in [0.1, 0.15) is 19.3 Å². The van der Waals surface area contributed by atoms with E-state index >= 15 is 0 Å². The third kappa shape index (κ3) is 2.46. The van der Waals surface area contributed by atoms with E-state index in [0.29, 0.717) is 6.42 Å². The van der Waals surface area contributed by atoms with E-state index in [-0.39, 0.29) is 36.8 Å². The molecule has 0 aromatic carbocycles. The smallest absolute Gasteiger partial charge is 0.329 e. The van der Waals surface area contributed by atoms with Gasteiger partial charge in [0, 0.05) is 11.8 Å². The molecular formula is C11H15NO5. The van der Waals surface area contributed by atoms with E-state index in [1.165, 1.54) is 4.90 Å². The summed E-state index contributed by atoms with van der Waals surface area (Å²) in [5, 5.41) is 8.38. The third-order valence-corrected chi connectivity index (χ3v) is 3.35. The predicted octanol–water partition coefficient (Wildman–Crippen LogP) is -0.127. The van der Waals surface area contributed by atoms with Crippen LogP contribution in [0.3, 0.4) is 0 Å². The maximum Gasteiger partial charge on any atom is 0.329 e. The second-order valence-corrected chi connectivity index (χ2v) is 4.48. The highest BCUT2D eigenvalue weighted by molar-refractivity contribution is 6.00. The molecule has 17 heavy (non-hydrogen) atoms. The van der Waals surface area contributed by atoms with Gasteiger partial charge in [-0.15, -0.1) is 0 Å². The lowest BCUT2D eigenvalue weighted by Crippen LogP contribution is -2.47. The Morgan fingerprint density at radius 3 is 2.41 bits per heavy atom. The normalized spacial score (nSPS) is 27.6. The number of carbonyl (C=O) groups is 3. The van der Waals surface area contributed by atoms with Crippen molar-refractivity contribution in [3.63, 3.8) is 0 Å². The number of piperidine rings is 1. The number of hydrogen-bond donors (Lipinski definition) is 1. The van der Waals surface area contributed by atoms with Gasteiger partial charge in [0.2, 0.25) is 11.8 Å². The third-order valence-electron chi connectivity index (χ3n) is 3.35. The molecule has 1 N–H and O–H groups in total. The molecule has 1 saturated carbocycles. The highest BCUT2D eigenvalue weighted by Crippen LogP contribution is 2.37. The number of carboxylic acid groups (broad SMARTS) is 1. The number of ether oxygens (including phenoxy) is 1. The summed E-state index contributed by atoms with van der Waals surface area (Å²) in [6, 6.07) is 0. The van der Waals surface area contributed by atoms with E-state index in [0.717, 1.165) is 12.8 Å². The maximum absolute atomic E-state index is 11.9. The van der Waals surface area contributed by atoms with Gasteiger partial charge < -0.3 is 9.84 Å². The maximum atomic E-state index is 11.9. The second-order valence-electron chi connectivity index (χ2n) is 4.48. The van der Waals surface area contributed by atoms with Crippen LogP contribution in [0.4, 0.5) is 0 Å². The Morgan fingerprint density at radius 2 is 1.88 bits per heavy atom. The van der Waals surface area contributed by atoms with Gasteiger partial charge in [0.1, 0.15) is 6.61 Å². The summed E-state index contributed by atoms with van der Waals surface area (Å²) >= 11 is 0. The topological polar surface area (TPSA) is 83.9 Å². The molecule has 1 saturated heterocycles. The quantitative estimate of drug-likeness (QED) is 0.535. The number of fused-ring (bicyclic) bond motifs is 2. The van der Waals surface area contributed by atoms with Gasteiger partial charge in [-0.25, -0.2) is 4.79 Å². The van der Waals surface area contributed by atoms with Crippen LogP contribution in [-0.4, -0.2) is 47.5 Å². The summed E-state index contributed by atoms with van der Waals surface area (Å²) < 4.78 is 4.84. The molecule has 0 radical (unpaired) electrons. The predicted molar refractivity (Wildman–Crippen MR) is 56.0 cm³/mol. The number of nitrogens with zero attached hydrogens (tertiary/aromatic N) is 1. The average molecular weight is 241 g/mol. The highest BCUT2D eigenvalue weighted by Gasteiger charge is 2.44. The number of hydrogen-bond acceptors (Lipinski definition) is 4. The molecule has 1 heterocycles. The van der Waals surface area contributed by atoms with Crippen molar-refractivity contribution in [2.75, 3.05) is 19.8 Å². The van der Waals surface area contributed by atoms with E-state index in [1.54, 1.807) is 0 Å². The Morgan fingerprint density at radius 1 is 1.29 bits per heavy atom. The minimum Gasteiger partial charge on any atom is -0.480 e. The van der Waals surface area contributed by atoms with Crippen molar-refractivity contribution in [2.45, 2.75) is 19.3 Å². The fourth-order valence-electron chi connectivity index (χ4n) is 2.52. The average Bonchev–Trinajstić information content (AvgIpc) is 2.72. The van der Waals surface area contributed by atoms with Crippen molar-refractivity contribution in [1.29, 1.82) is 0 Å². The molecule has 2 unspecified atom stereocenters. The first-order valence-electron chi connectivity index (χ1n) is 5.74. The van der Waals surface area contributed by atoms with Crippen LogP contribution in [0.25, 0.3) is 0 Å². The van der Waals surface area contributed by atoms with Crippen molar-refractivity contribution in [2.24, 2.45) is 11.8 Å². The molecule has 0 aromatic heterocycles. The molecule has 94 valence electrons. The Hall–Kier alpha value is -1.43. The van der Waals surface area contributed by atoms with E-state index < -0.39 is 12.6 Å². The first-order valence-corrected chi connectivity index (χ1v) is 5.74. The summed E-state index contributed by atoms with van der Waals surface area (Å²) in [5.74, 6) is -1.33. The summed E-state index contributed by atoms with van der Waals surface area (Å²) in [5.41, 5.74) is 0. The summed E-state index contributed by atoms with van der Waals surface area (Å²) in [4.78, 5) is 35.2. The second kappa shape index (κ2) is 4.83. The zero-order valence-electron chi connectivity index (χ0n) is 9.42. The number of likely N-dealkylation sites (tertiary alicyclic amines) is 1. The largest absolute Gasteiger partial charge is 0.480 e. The SMILES string of the molecule is O=C(O)COCCN1C(=O)C2CCC(C2)C1=O. The lowest BCUT2D eigenvalue weighted by Gasteiger charge is -2.29. The Balaban J connectivity index is 1.85. The van der Waals surface area contributed by atoms with Crippen molar-refractivity contribution in [3.05, 3.63) is 0 Å². The number of carboxylic acids is 1. The van der Waals surface area contributed by atoms with Crippen molar-refractivity contribution < 1.29 is 24.2 Å². The molecule has 2 amide bonds. The fourth-order valence-corrected chi connectivity index (χ4v) is 2.52. The van der Waals surface area contributed by atoms with Crippen LogP contribution in [-0.2, 0) is 19.1 Å². The van der Waals surface area contributed by atoms with E-state index in [9.17, 15) is 14.4 Å². The lowest BCUT2D eigenvalue weighted by atomic mass is 9.97. The molecule has 2 bridgehead atoms. The number of amides is 2. The molecule has 2 atom stereocenters. The van der Waals surface area contributed by atoms with Gasteiger partial charge >= 0.3 is 5.97 Å². The van der Waals surface area contributed by atoms with Crippen LogP contribution in [0, 0.1) is 11.8 Å². The van der Waals surface area contributed by atoms with Gasteiger partial charge in [0.15, 0.2) is 0 Å². The van der Waals surface area contributed by atoms with Crippen LogP contribution in [0.5, 0.6) is 0 Å². The van der Waals surface area contributed by atoms with E-state index in [4.69, 9.17) is 9.84 Å². The van der Waals surface area contributed by atoms with Gasteiger partial charge in [-0.3, -0.25) is 14.5 Å². The molecule has 1 aliphatic heterocycles. The summed E-state index contributed by atoms with van der Waals surface area (Å²) in [7, 11) is 0. The lowest BCUT2D eigenvalue weighted by molar-refractivity contribution is -0.153. The minimum atomic E-state index is -1.05. The molecule has 2 rings (SSSR count). The Labute approximate surface area is 98.5 Å². The first-order chi connectivity index (χ1) is 8.09. The fraction of sp³-hybridized carbons (Fsp3) is 0.727. The minimum absolute atomic E-state index is 0.0165. The van der Waals surface area contributed by atoms with Crippen molar-refractivity contribution in [3.8, 4) is 0 Å². The number of carbonyl (C=O) groups excluding carboxylic acids is 2. The summed E-state index contributed by atoms with van der Waals surface area (Å²) in [6.07, 6.45) is 2.27. The van der Waals surface area contributed by atoms with Gasteiger partial charge in [-0.2, -0.15) is 0 Å². The van der Waals surface area contributed by atoms with Crippen LogP contribution in [0.2, 0.25) is 0 Å². The zero-order chi connectivity index (χ0) is 12.4. The number of rotatable bonds is 5. The first kappa shape index (κ1) is 12.0. The molecule has 6 heteroatoms. The molecule has 1 aliphatic carbocycles. The number of aliphatic carboxylic acids is 1. The monoisotopic (exact) mass is 241 g/mol. The van der Waals surface area contributed by atoms with Crippen LogP contribution < -0.4 is 0 Å². The zero-order valence-corrected chi connectivity index (χ0v) is 9.42. The highest BCUT2D eigenvalue weighted by atomic mass is 16.5. The van der Waals surface area contributed by atoms with Crippen LogP contribution >= 0.6 is 0 Å². The Bertz CT molecular complexity index is 332. The molecular weight excluding hydrogens is 226 g/mol. The molecule has 0 spiro atoms. The molecule has 0 aromatic rings. The molecule has 2 aliphatic rings. The van der Waals surface area contributed by atoms with Gasteiger partial charge in [-0.05, 0) is 19.3 Å². The molecule has 6 nitrogen and oxygen atoms in total. The van der Waals surface area contributed by atoms with E-state index in [2.05, 4.69) is 0 Å². The Kier molecular flexibility index (Phi) is 3.42. The number of imide groups is 1. The van der Waals surface area contributed by atoms with Gasteiger partial charge in [0.25, 0.3) is 0 Å². The van der Waals surface area contributed by atoms with Crippen molar-refractivity contribution in [1.82, 2.24) is 4.90 Å². The standard InChI is InChI=1S/C11H15NO5/c13-9(14)6-17-4-3-12-10(15)7-1-2-8(5-7)11(12)16/h7-8H,1-6H2,(H,13,14). The van der Waals surface area contributed by atoms with Gasteiger partial charge in [0.05, 0.1) is 13.2 Å². The van der Waals surface area contributed by atoms with Crippen LogP contribution in [0.15, 0.2) is 0 Å². The summed E-state index contributed by atoms with van der Waals surface area (Å²) in [6.45, 7) is -0.149. The van der Waals surface area contributed by atoms with Crippen molar-refractivity contribution >= 4 is 17.8 Å². The molecule has 2 fully saturated rings. The van der Waals surface area contributed by atoms with Gasteiger partial charge in [-0.1, -0.05) is 0 Å². The van der Waals surface area contributed by atoms with E-state index in [1.807, 2.05) is 0 Å².